The molecular formula is C21H24N4O. The SMILES string of the molecule is CCOc1ccc(Nc2cc(C)nc(N(C)Cc3ccccc3)n2)cc1. The Morgan fingerprint density at radius 2 is 1.73 bits per heavy atom. The van der Waals surface area contributed by atoms with Crippen molar-refractivity contribution < 1.29 is 4.74 Å². The van der Waals surface area contributed by atoms with Crippen molar-refractivity contribution in [2.45, 2.75) is 20.4 Å². The zero-order valence-corrected chi connectivity index (χ0v) is 15.4. The Hall–Kier alpha value is -3.08. The fraction of sp³-hybridized carbons (Fsp3) is 0.238. The highest BCUT2D eigenvalue weighted by Gasteiger charge is 2.08. The van der Waals surface area contributed by atoms with Gasteiger partial charge in [-0.1, -0.05) is 30.3 Å². The summed E-state index contributed by atoms with van der Waals surface area (Å²) in [6.45, 7) is 5.37. The smallest absolute Gasteiger partial charge is 0.227 e. The van der Waals surface area contributed by atoms with Crippen LogP contribution >= 0.6 is 0 Å². The summed E-state index contributed by atoms with van der Waals surface area (Å²) in [5, 5.41) is 3.34. The number of nitrogens with zero attached hydrogens (tertiary/aromatic N) is 3. The number of benzene rings is 2. The number of aromatic nitrogens is 2. The first-order valence-corrected chi connectivity index (χ1v) is 8.74. The summed E-state index contributed by atoms with van der Waals surface area (Å²) in [6, 6.07) is 20.1. The fourth-order valence-corrected chi connectivity index (χ4v) is 2.66. The molecule has 0 saturated heterocycles. The van der Waals surface area contributed by atoms with E-state index in [1.165, 1.54) is 5.56 Å². The van der Waals surface area contributed by atoms with E-state index in [-0.39, 0.29) is 0 Å². The molecule has 0 atom stereocenters. The summed E-state index contributed by atoms with van der Waals surface area (Å²) < 4.78 is 5.48. The van der Waals surface area contributed by atoms with E-state index < -0.39 is 0 Å². The summed E-state index contributed by atoms with van der Waals surface area (Å²) in [6.07, 6.45) is 0. The van der Waals surface area contributed by atoms with E-state index in [4.69, 9.17) is 4.74 Å². The maximum absolute atomic E-state index is 5.48. The lowest BCUT2D eigenvalue weighted by molar-refractivity contribution is 0.340. The second kappa shape index (κ2) is 8.34. The Morgan fingerprint density at radius 1 is 1.00 bits per heavy atom. The van der Waals surface area contributed by atoms with E-state index in [9.17, 15) is 0 Å². The minimum Gasteiger partial charge on any atom is -0.494 e. The van der Waals surface area contributed by atoms with Gasteiger partial charge in [-0.3, -0.25) is 0 Å². The van der Waals surface area contributed by atoms with Crippen molar-refractivity contribution in [3.63, 3.8) is 0 Å². The minimum atomic E-state index is 0.662. The molecule has 2 aromatic carbocycles. The molecule has 26 heavy (non-hydrogen) atoms. The molecule has 0 aliphatic carbocycles. The van der Waals surface area contributed by atoms with Crippen LogP contribution in [0.4, 0.5) is 17.5 Å². The highest BCUT2D eigenvalue weighted by Crippen LogP contribution is 2.21. The van der Waals surface area contributed by atoms with Crippen LogP contribution < -0.4 is 15.0 Å². The van der Waals surface area contributed by atoms with Crippen LogP contribution in [0.3, 0.4) is 0 Å². The molecule has 0 saturated carbocycles. The summed E-state index contributed by atoms with van der Waals surface area (Å²) in [7, 11) is 2.00. The molecule has 0 amide bonds. The lowest BCUT2D eigenvalue weighted by Gasteiger charge is -2.18. The third-order valence-corrected chi connectivity index (χ3v) is 3.88. The normalized spacial score (nSPS) is 10.4. The van der Waals surface area contributed by atoms with Gasteiger partial charge < -0.3 is 15.0 Å². The topological polar surface area (TPSA) is 50.3 Å². The molecule has 3 aromatic rings. The summed E-state index contributed by atoms with van der Waals surface area (Å²) >= 11 is 0. The van der Waals surface area contributed by atoms with Gasteiger partial charge in [0, 0.05) is 31.0 Å². The number of hydrogen-bond donors (Lipinski definition) is 1. The molecule has 0 aliphatic rings. The number of ether oxygens (including phenoxy) is 1. The largest absolute Gasteiger partial charge is 0.494 e. The summed E-state index contributed by atoms with van der Waals surface area (Å²) in [5.74, 6) is 2.33. The van der Waals surface area contributed by atoms with E-state index >= 15 is 0 Å². The van der Waals surface area contributed by atoms with Crippen LogP contribution in [0.2, 0.25) is 0 Å². The molecule has 3 rings (SSSR count). The van der Waals surface area contributed by atoms with Crippen molar-refractivity contribution in [1.29, 1.82) is 0 Å². The van der Waals surface area contributed by atoms with Gasteiger partial charge >= 0.3 is 0 Å². The van der Waals surface area contributed by atoms with Crippen LogP contribution in [-0.2, 0) is 6.54 Å². The van der Waals surface area contributed by atoms with Crippen molar-refractivity contribution in [2.75, 3.05) is 23.9 Å². The molecule has 0 spiro atoms. The number of hydrogen-bond acceptors (Lipinski definition) is 5. The van der Waals surface area contributed by atoms with E-state index in [0.29, 0.717) is 12.6 Å². The summed E-state index contributed by atoms with van der Waals surface area (Å²) in [4.78, 5) is 11.3. The van der Waals surface area contributed by atoms with Crippen LogP contribution in [0.5, 0.6) is 5.75 Å². The average Bonchev–Trinajstić information content (AvgIpc) is 2.64. The molecule has 0 unspecified atom stereocenters. The zero-order chi connectivity index (χ0) is 18.4. The highest BCUT2D eigenvalue weighted by atomic mass is 16.5. The van der Waals surface area contributed by atoms with Crippen LogP contribution in [-0.4, -0.2) is 23.6 Å². The van der Waals surface area contributed by atoms with E-state index in [1.807, 2.05) is 74.3 Å². The first-order valence-electron chi connectivity index (χ1n) is 8.74. The maximum atomic E-state index is 5.48. The highest BCUT2D eigenvalue weighted by molar-refractivity contribution is 5.58. The third-order valence-electron chi connectivity index (χ3n) is 3.88. The minimum absolute atomic E-state index is 0.662. The second-order valence-electron chi connectivity index (χ2n) is 6.12. The van der Waals surface area contributed by atoms with Gasteiger partial charge in [-0.15, -0.1) is 0 Å². The van der Waals surface area contributed by atoms with Gasteiger partial charge in [-0.05, 0) is 43.7 Å². The van der Waals surface area contributed by atoms with Gasteiger partial charge in [0.05, 0.1) is 6.61 Å². The lowest BCUT2D eigenvalue weighted by atomic mass is 10.2. The monoisotopic (exact) mass is 348 g/mol. The molecule has 1 N–H and O–H groups in total. The molecule has 0 radical (unpaired) electrons. The molecule has 0 fully saturated rings. The quantitative estimate of drug-likeness (QED) is 0.678. The van der Waals surface area contributed by atoms with Crippen molar-refractivity contribution >= 4 is 17.5 Å². The Balaban J connectivity index is 1.74. The van der Waals surface area contributed by atoms with Crippen LogP contribution in [0.15, 0.2) is 60.7 Å². The maximum Gasteiger partial charge on any atom is 0.227 e. The molecule has 0 aliphatic heterocycles. The van der Waals surface area contributed by atoms with Gasteiger partial charge in [0.2, 0.25) is 5.95 Å². The van der Waals surface area contributed by atoms with Crippen molar-refractivity contribution in [3.05, 3.63) is 71.9 Å². The summed E-state index contributed by atoms with van der Waals surface area (Å²) in [5.41, 5.74) is 3.10. The first-order chi connectivity index (χ1) is 12.6. The second-order valence-corrected chi connectivity index (χ2v) is 6.12. The number of rotatable bonds is 7. The number of aryl methyl sites for hydroxylation is 1. The predicted molar refractivity (Wildman–Crippen MR) is 106 cm³/mol. The fourth-order valence-electron chi connectivity index (χ4n) is 2.66. The standard InChI is InChI=1S/C21H24N4O/c1-4-26-19-12-10-18(11-13-19)23-20-14-16(2)22-21(24-20)25(3)15-17-8-6-5-7-9-17/h5-14H,4,15H2,1-3H3,(H,22,23,24). The predicted octanol–water partition coefficient (Wildman–Crippen LogP) is 4.56. The van der Waals surface area contributed by atoms with Gasteiger partial charge in [-0.2, -0.15) is 4.98 Å². The Kier molecular flexibility index (Phi) is 5.69. The van der Waals surface area contributed by atoms with E-state index in [2.05, 4.69) is 27.4 Å². The van der Waals surface area contributed by atoms with Gasteiger partial charge in [0.1, 0.15) is 11.6 Å². The molecular weight excluding hydrogens is 324 g/mol. The number of anilines is 3. The van der Waals surface area contributed by atoms with Crippen LogP contribution in [0.1, 0.15) is 18.2 Å². The van der Waals surface area contributed by atoms with Gasteiger partial charge in [0.15, 0.2) is 0 Å². The van der Waals surface area contributed by atoms with Crippen molar-refractivity contribution in [2.24, 2.45) is 0 Å². The lowest BCUT2D eigenvalue weighted by Crippen LogP contribution is -2.19. The molecule has 0 bridgehead atoms. The van der Waals surface area contributed by atoms with Crippen molar-refractivity contribution in [3.8, 4) is 5.75 Å². The van der Waals surface area contributed by atoms with Crippen molar-refractivity contribution in [1.82, 2.24) is 9.97 Å². The average molecular weight is 348 g/mol. The molecule has 5 heteroatoms. The van der Waals surface area contributed by atoms with E-state index in [0.717, 1.165) is 29.5 Å². The molecule has 134 valence electrons. The third kappa shape index (κ3) is 4.72. The molecule has 1 aromatic heterocycles. The number of nitrogens with one attached hydrogen (secondary N) is 1. The van der Waals surface area contributed by atoms with Gasteiger partial charge in [0.25, 0.3) is 0 Å². The van der Waals surface area contributed by atoms with Crippen LogP contribution in [0, 0.1) is 6.92 Å². The van der Waals surface area contributed by atoms with Crippen LogP contribution in [0.25, 0.3) is 0 Å². The Labute approximate surface area is 154 Å². The molecule has 5 nitrogen and oxygen atoms in total. The first kappa shape index (κ1) is 17.7. The molecule has 1 heterocycles. The Morgan fingerprint density at radius 3 is 2.42 bits per heavy atom. The Bertz CT molecular complexity index is 834. The van der Waals surface area contributed by atoms with Gasteiger partial charge in [-0.25, -0.2) is 4.98 Å². The zero-order valence-electron chi connectivity index (χ0n) is 15.4. The van der Waals surface area contributed by atoms with E-state index in [1.54, 1.807) is 0 Å².